The first-order valence-corrected chi connectivity index (χ1v) is 5.61. The summed E-state index contributed by atoms with van der Waals surface area (Å²) in [6, 6.07) is 8.95. The van der Waals surface area contributed by atoms with E-state index < -0.39 is 11.4 Å². The van der Waals surface area contributed by atoms with Crippen LogP contribution in [0.25, 0.3) is 11.3 Å². The Morgan fingerprint density at radius 3 is 2.59 bits per heavy atom. The summed E-state index contributed by atoms with van der Waals surface area (Å²) in [5.41, 5.74) is 0.106. The van der Waals surface area contributed by atoms with Gasteiger partial charge in [0.05, 0.1) is 0 Å². The van der Waals surface area contributed by atoms with Gasteiger partial charge in [0.25, 0.3) is 5.56 Å². The van der Waals surface area contributed by atoms with Crippen molar-refractivity contribution in [2.45, 2.75) is 18.8 Å². The van der Waals surface area contributed by atoms with E-state index in [4.69, 9.17) is 0 Å². The van der Waals surface area contributed by atoms with Crippen molar-refractivity contribution in [2.24, 2.45) is 0 Å². The molecule has 0 amide bonds. The van der Waals surface area contributed by atoms with Crippen LogP contribution in [-0.4, -0.2) is 9.97 Å². The Kier molecular flexibility index (Phi) is 2.28. The molecule has 3 nitrogen and oxygen atoms in total. The summed E-state index contributed by atoms with van der Waals surface area (Å²) in [7, 11) is 0. The van der Waals surface area contributed by atoms with E-state index in [-0.39, 0.29) is 5.69 Å². The lowest BCUT2D eigenvalue weighted by molar-refractivity contribution is 0.599. The molecule has 3 rings (SSSR count). The minimum atomic E-state index is -0.805. The van der Waals surface area contributed by atoms with Gasteiger partial charge >= 0.3 is 0 Å². The lowest BCUT2D eigenvalue weighted by atomic mass is 10.1. The quantitative estimate of drug-likeness (QED) is 0.861. The molecule has 1 aliphatic rings. The lowest BCUT2D eigenvalue weighted by Crippen LogP contribution is -2.16. The van der Waals surface area contributed by atoms with Crippen LogP contribution in [0.15, 0.2) is 35.1 Å². The molecule has 1 heterocycles. The van der Waals surface area contributed by atoms with Crippen LogP contribution >= 0.6 is 0 Å². The van der Waals surface area contributed by atoms with Gasteiger partial charge in [0.1, 0.15) is 11.5 Å². The zero-order chi connectivity index (χ0) is 11.8. The third kappa shape index (κ3) is 1.86. The second kappa shape index (κ2) is 3.80. The van der Waals surface area contributed by atoms with Crippen LogP contribution in [0.5, 0.6) is 0 Å². The molecule has 0 bridgehead atoms. The highest BCUT2D eigenvalue weighted by Gasteiger charge is 2.27. The number of hydrogen-bond donors (Lipinski definition) is 1. The Morgan fingerprint density at radius 1 is 1.24 bits per heavy atom. The van der Waals surface area contributed by atoms with Gasteiger partial charge in [-0.3, -0.25) is 4.79 Å². The molecule has 1 aromatic heterocycles. The zero-order valence-corrected chi connectivity index (χ0v) is 9.11. The Bertz CT molecular complexity index is 603. The monoisotopic (exact) mass is 230 g/mol. The third-order valence-electron chi connectivity index (χ3n) is 2.89. The summed E-state index contributed by atoms with van der Waals surface area (Å²) in [4.78, 5) is 18.2. The number of nitrogens with one attached hydrogen (secondary N) is 1. The van der Waals surface area contributed by atoms with E-state index in [1.807, 2.05) is 6.07 Å². The van der Waals surface area contributed by atoms with Gasteiger partial charge in [-0.05, 0) is 12.8 Å². The first-order valence-electron chi connectivity index (χ1n) is 5.61. The standard InChI is InChI=1S/C13H11FN2O/c14-10-11(8-4-2-1-3-5-8)15-12(9-6-7-9)16-13(10)17/h1-5,9H,6-7H2,(H,15,16,17). The van der Waals surface area contributed by atoms with Crippen molar-refractivity contribution in [1.82, 2.24) is 9.97 Å². The van der Waals surface area contributed by atoms with E-state index in [0.29, 0.717) is 17.3 Å². The van der Waals surface area contributed by atoms with Crippen LogP contribution in [0.2, 0.25) is 0 Å². The number of aromatic nitrogens is 2. The Balaban J connectivity index is 2.18. The fourth-order valence-corrected chi connectivity index (χ4v) is 1.81. The molecule has 0 radical (unpaired) electrons. The van der Waals surface area contributed by atoms with Crippen molar-refractivity contribution < 1.29 is 4.39 Å². The van der Waals surface area contributed by atoms with Crippen molar-refractivity contribution in [3.63, 3.8) is 0 Å². The van der Waals surface area contributed by atoms with Crippen LogP contribution in [0.4, 0.5) is 4.39 Å². The molecule has 1 N–H and O–H groups in total. The maximum absolute atomic E-state index is 13.7. The number of aromatic amines is 1. The normalized spacial score (nSPS) is 14.9. The fourth-order valence-electron chi connectivity index (χ4n) is 1.81. The van der Waals surface area contributed by atoms with Crippen LogP contribution in [0.3, 0.4) is 0 Å². The maximum Gasteiger partial charge on any atom is 0.287 e. The molecule has 0 unspecified atom stereocenters. The Morgan fingerprint density at radius 2 is 1.94 bits per heavy atom. The number of hydrogen-bond acceptors (Lipinski definition) is 2. The molecule has 1 aromatic carbocycles. The molecule has 2 aromatic rings. The van der Waals surface area contributed by atoms with E-state index in [2.05, 4.69) is 9.97 Å². The second-order valence-corrected chi connectivity index (χ2v) is 4.25. The fraction of sp³-hybridized carbons (Fsp3) is 0.231. The Hall–Kier alpha value is -1.97. The molecular formula is C13H11FN2O. The second-order valence-electron chi connectivity index (χ2n) is 4.25. The molecular weight excluding hydrogens is 219 g/mol. The van der Waals surface area contributed by atoms with E-state index in [9.17, 15) is 9.18 Å². The van der Waals surface area contributed by atoms with Gasteiger partial charge in [-0.1, -0.05) is 30.3 Å². The summed E-state index contributed by atoms with van der Waals surface area (Å²) in [5.74, 6) is 0.0987. The van der Waals surface area contributed by atoms with Crippen LogP contribution in [-0.2, 0) is 0 Å². The van der Waals surface area contributed by atoms with Crippen molar-refractivity contribution in [2.75, 3.05) is 0 Å². The summed E-state index contributed by atoms with van der Waals surface area (Å²) < 4.78 is 13.7. The van der Waals surface area contributed by atoms with Crippen LogP contribution in [0.1, 0.15) is 24.6 Å². The molecule has 0 spiro atoms. The van der Waals surface area contributed by atoms with E-state index in [1.54, 1.807) is 24.3 Å². The number of rotatable bonds is 2. The summed E-state index contributed by atoms with van der Waals surface area (Å²) in [5, 5.41) is 0. The Labute approximate surface area is 97.3 Å². The topological polar surface area (TPSA) is 45.8 Å². The summed E-state index contributed by atoms with van der Waals surface area (Å²) >= 11 is 0. The molecule has 0 aliphatic heterocycles. The largest absolute Gasteiger partial charge is 0.308 e. The van der Waals surface area contributed by atoms with Gasteiger partial charge in [0.2, 0.25) is 5.82 Å². The predicted octanol–water partition coefficient (Wildman–Crippen LogP) is 2.45. The van der Waals surface area contributed by atoms with Crippen LogP contribution < -0.4 is 5.56 Å². The average molecular weight is 230 g/mol. The first kappa shape index (κ1) is 10.2. The number of benzene rings is 1. The third-order valence-corrected chi connectivity index (χ3v) is 2.89. The van der Waals surface area contributed by atoms with Crippen molar-refractivity contribution >= 4 is 0 Å². The van der Waals surface area contributed by atoms with Gasteiger partial charge in [-0.25, -0.2) is 4.98 Å². The van der Waals surface area contributed by atoms with Gasteiger partial charge in [-0.15, -0.1) is 0 Å². The SMILES string of the molecule is O=c1[nH]c(C2CC2)nc(-c2ccccc2)c1F. The van der Waals surface area contributed by atoms with Crippen molar-refractivity contribution in [3.8, 4) is 11.3 Å². The highest BCUT2D eigenvalue weighted by molar-refractivity contribution is 5.59. The van der Waals surface area contributed by atoms with E-state index in [0.717, 1.165) is 12.8 Å². The number of H-pyrrole nitrogens is 1. The maximum atomic E-state index is 13.7. The van der Waals surface area contributed by atoms with E-state index in [1.165, 1.54) is 0 Å². The lowest BCUT2D eigenvalue weighted by Gasteiger charge is -2.04. The van der Waals surface area contributed by atoms with Crippen molar-refractivity contribution in [3.05, 3.63) is 52.3 Å². The zero-order valence-electron chi connectivity index (χ0n) is 9.11. The molecule has 0 saturated heterocycles. The number of halogens is 1. The summed E-state index contributed by atoms with van der Waals surface area (Å²) in [6.45, 7) is 0. The first-order chi connectivity index (χ1) is 8.25. The van der Waals surface area contributed by atoms with Crippen LogP contribution in [0, 0.1) is 5.82 Å². The summed E-state index contributed by atoms with van der Waals surface area (Å²) in [6.07, 6.45) is 2.03. The smallest absolute Gasteiger partial charge is 0.287 e. The van der Waals surface area contributed by atoms with Gasteiger partial charge in [0, 0.05) is 11.5 Å². The molecule has 17 heavy (non-hydrogen) atoms. The molecule has 4 heteroatoms. The van der Waals surface area contributed by atoms with E-state index >= 15 is 0 Å². The molecule has 1 saturated carbocycles. The molecule has 1 aliphatic carbocycles. The minimum Gasteiger partial charge on any atom is -0.308 e. The average Bonchev–Trinajstić information content (AvgIpc) is 3.18. The molecule has 86 valence electrons. The molecule has 1 fully saturated rings. The van der Waals surface area contributed by atoms with Crippen molar-refractivity contribution in [1.29, 1.82) is 0 Å². The minimum absolute atomic E-state index is 0.149. The highest BCUT2D eigenvalue weighted by atomic mass is 19.1. The van der Waals surface area contributed by atoms with Gasteiger partial charge < -0.3 is 4.98 Å². The van der Waals surface area contributed by atoms with Gasteiger partial charge in [-0.2, -0.15) is 4.39 Å². The van der Waals surface area contributed by atoms with Gasteiger partial charge in [0.15, 0.2) is 0 Å². The highest BCUT2D eigenvalue weighted by Crippen LogP contribution is 2.38. The number of nitrogens with zero attached hydrogens (tertiary/aromatic N) is 1. The predicted molar refractivity (Wildman–Crippen MR) is 62.2 cm³/mol. The molecule has 0 atom stereocenters.